The average molecular weight is 347 g/mol. The van der Waals surface area contributed by atoms with Gasteiger partial charge >= 0.3 is 5.97 Å². The second-order valence-electron chi connectivity index (χ2n) is 5.95. The Bertz CT molecular complexity index is 782. The molecule has 2 aromatic rings. The summed E-state index contributed by atoms with van der Waals surface area (Å²) in [6, 6.07) is 5.24. The van der Waals surface area contributed by atoms with Gasteiger partial charge in [0.2, 0.25) is 5.91 Å². The number of carbonyl (C=O) groups excluding carboxylic acids is 1. The van der Waals surface area contributed by atoms with Gasteiger partial charge in [0.25, 0.3) is 0 Å². The first-order valence-electron chi connectivity index (χ1n) is 7.57. The highest BCUT2D eigenvalue weighted by Crippen LogP contribution is 2.27. The van der Waals surface area contributed by atoms with Crippen LogP contribution in [-0.4, -0.2) is 41.0 Å². The van der Waals surface area contributed by atoms with E-state index in [1.54, 1.807) is 25.3 Å². The van der Waals surface area contributed by atoms with Crippen LogP contribution in [-0.2, 0) is 21.5 Å². The van der Waals surface area contributed by atoms with Crippen molar-refractivity contribution >= 4 is 17.6 Å². The predicted molar refractivity (Wildman–Crippen MR) is 91.1 cm³/mol. The normalized spacial score (nSPS) is 11.0. The molecule has 0 saturated carbocycles. The molecule has 0 atom stereocenters. The zero-order chi connectivity index (χ0) is 18.6. The number of ether oxygens (including phenoxy) is 2. The van der Waals surface area contributed by atoms with Crippen LogP contribution < -0.4 is 14.8 Å². The van der Waals surface area contributed by atoms with E-state index >= 15 is 0 Å². The number of hydrogen-bond acceptors (Lipinski definition) is 5. The molecule has 0 fully saturated rings. The summed E-state index contributed by atoms with van der Waals surface area (Å²) in [4.78, 5) is 23.4. The number of carbonyl (C=O) groups is 2. The third kappa shape index (κ3) is 4.09. The summed E-state index contributed by atoms with van der Waals surface area (Å²) in [5.74, 6) is -0.133. The molecule has 0 unspecified atom stereocenters. The Morgan fingerprint density at radius 1 is 1.24 bits per heavy atom. The first-order chi connectivity index (χ1) is 11.8. The van der Waals surface area contributed by atoms with Crippen molar-refractivity contribution in [2.24, 2.45) is 0 Å². The van der Waals surface area contributed by atoms with E-state index < -0.39 is 11.5 Å². The molecule has 1 heterocycles. The molecule has 0 saturated heterocycles. The van der Waals surface area contributed by atoms with Crippen LogP contribution in [0, 0.1) is 0 Å². The quantitative estimate of drug-likeness (QED) is 0.793. The van der Waals surface area contributed by atoms with Gasteiger partial charge < -0.3 is 19.9 Å². The Balaban J connectivity index is 2.06. The van der Waals surface area contributed by atoms with Gasteiger partial charge in [0.15, 0.2) is 17.0 Å². The number of benzene rings is 1. The van der Waals surface area contributed by atoms with Crippen molar-refractivity contribution in [2.75, 3.05) is 19.5 Å². The third-order valence-corrected chi connectivity index (χ3v) is 3.78. The average Bonchev–Trinajstić information content (AvgIpc) is 3.03. The van der Waals surface area contributed by atoms with E-state index in [9.17, 15) is 14.7 Å². The van der Waals surface area contributed by atoms with Crippen molar-refractivity contribution in [1.29, 1.82) is 0 Å². The standard InChI is InChI=1S/C17H21N3O5/c1-17(2,16(22)23)20-10-12(9-18-20)19-15(21)8-11-5-6-13(24-3)14(7-11)25-4/h5-7,9-10H,8H2,1-4H3,(H,19,21)(H,22,23). The summed E-state index contributed by atoms with van der Waals surface area (Å²) in [5, 5.41) is 15.9. The highest BCUT2D eigenvalue weighted by atomic mass is 16.5. The van der Waals surface area contributed by atoms with Crippen LogP contribution in [0.25, 0.3) is 0 Å². The minimum Gasteiger partial charge on any atom is -0.493 e. The van der Waals surface area contributed by atoms with Crippen LogP contribution in [0.1, 0.15) is 19.4 Å². The Kier molecular flexibility index (Phi) is 5.31. The van der Waals surface area contributed by atoms with Gasteiger partial charge in [-0.1, -0.05) is 6.07 Å². The number of anilines is 1. The van der Waals surface area contributed by atoms with Crippen molar-refractivity contribution in [1.82, 2.24) is 9.78 Å². The fourth-order valence-electron chi connectivity index (χ4n) is 2.17. The largest absolute Gasteiger partial charge is 0.493 e. The van der Waals surface area contributed by atoms with Crippen molar-refractivity contribution in [2.45, 2.75) is 25.8 Å². The number of carboxylic acids is 1. The van der Waals surface area contributed by atoms with E-state index in [0.29, 0.717) is 17.2 Å². The highest BCUT2D eigenvalue weighted by Gasteiger charge is 2.30. The Hall–Kier alpha value is -3.03. The summed E-state index contributed by atoms with van der Waals surface area (Å²) < 4.78 is 11.7. The summed E-state index contributed by atoms with van der Waals surface area (Å²) in [6.45, 7) is 3.05. The molecule has 0 spiro atoms. The lowest BCUT2D eigenvalue weighted by Crippen LogP contribution is -2.35. The Labute approximate surface area is 145 Å². The SMILES string of the molecule is COc1ccc(CC(=O)Nc2cnn(C(C)(C)C(=O)O)c2)cc1OC. The van der Waals surface area contributed by atoms with Crippen LogP contribution in [0.3, 0.4) is 0 Å². The van der Waals surface area contributed by atoms with Crippen LogP contribution in [0.5, 0.6) is 11.5 Å². The first kappa shape index (κ1) is 18.3. The maximum absolute atomic E-state index is 12.2. The number of hydrogen-bond donors (Lipinski definition) is 2. The molecule has 0 aliphatic heterocycles. The minimum absolute atomic E-state index is 0.133. The Morgan fingerprint density at radius 3 is 2.52 bits per heavy atom. The number of nitrogens with one attached hydrogen (secondary N) is 1. The second kappa shape index (κ2) is 7.25. The fraction of sp³-hybridized carbons (Fsp3) is 0.353. The summed E-state index contributed by atoms with van der Waals surface area (Å²) in [5.41, 5.74) is -0.0139. The number of amides is 1. The molecule has 0 aliphatic rings. The van der Waals surface area contributed by atoms with Gasteiger partial charge in [-0.3, -0.25) is 9.48 Å². The highest BCUT2D eigenvalue weighted by molar-refractivity contribution is 5.92. The van der Waals surface area contributed by atoms with Crippen LogP contribution in [0.4, 0.5) is 5.69 Å². The van der Waals surface area contributed by atoms with Crippen LogP contribution >= 0.6 is 0 Å². The van der Waals surface area contributed by atoms with Gasteiger partial charge in [0.05, 0.1) is 32.5 Å². The molecular weight excluding hydrogens is 326 g/mol. The fourth-order valence-corrected chi connectivity index (χ4v) is 2.17. The van der Waals surface area contributed by atoms with Crippen molar-refractivity contribution in [3.63, 3.8) is 0 Å². The smallest absolute Gasteiger partial charge is 0.331 e. The predicted octanol–water partition coefficient (Wildman–Crippen LogP) is 1.90. The molecule has 0 radical (unpaired) electrons. The van der Waals surface area contributed by atoms with Gasteiger partial charge in [-0.05, 0) is 31.5 Å². The second-order valence-corrected chi connectivity index (χ2v) is 5.95. The van der Waals surface area contributed by atoms with E-state index in [1.807, 2.05) is 0 Å². The molecule has 1 amide bonds. The maximum atomic E-state index is 12.2. The number of aromatic nitrogens is 2. The van der Waals surface area contributed by atoms with Gasteiger partial charge in [-0.2, -0.15) is 5.10 Å². The molecule has 0 aliphatic carbocycles. The van der Waals surface area contributed by atoms with E-state index in [-0.39, 0.29) is 12.3 Å². The maximum Gasteiger partial charge on any atom is 0.331 e. The molecule has 0 bridgehead atoms. The van der Waals surface area contributed by atoms with Crippen molar-refractivity contribution < 1.29 is 24.2 Å². The van der Waals surface area contributed by atoms with Gasteiger partial charge in [-0.15, -0.1) is 0 Å². The minimum atomic E-state index is -1.20. The van der Waals surface area contributed by atoms with E-state index in [2.05, 4.69) is 10.4 Å². The summed E-state index contributed by atoms with van der Waals surface area (Å²) >= 11 is 0. The van der Waals surface area contributed by atoms with Crippen LogP contribution in [0.2, 0.25) is 0 Å². The molecular formula is C17H21N3O5. The van der Waals surface area contributed by atoms with Crippen molar-refractivity contribution in [3.8, 4) is 11.5 Å². The number of methoxy groups -OCH3 is 2. The summed E-state index contributed by atoms with van der Waals surface area (Å²) in [6.07, 6.45) is 3.03. The number of carboxylic acid groups (broad SMARTS) is 1. The molecule has 2 rings (SSSR count). The Morgan fingerprint density at radius 2 is 1.92 bits per heavy atom. The molecule has 25 heavy (non-hydrogen) atoms. The lowest BCUT2D eigenvalue weighted by molar-refractivity contribution is -0.146. The zero-order valence-corrected chi connectivity index (χ0v) is 14.6. The van der Waals surface area contributed by atoms with E-state index in [1.165, 1.54) is 38.0 Å². The third-order valence-electron chi connectivity index (χ3n) is 3.78. The van der Waals surface area contributed by atoms with E-state index in [4.69, 9.17) is 9.47 Å². The molecule has 2 N–H and O–H groups in total. The van der Waals surface area contributed by atoms with Crippen LogP contribution in [0.15, 0.2) is 30.6 Å². The zero-order valence-electron chi connectivity index (χ0n) is 14.6. The van der Waals surface area contributed by atoms with Gasteiger partial charge in [0, 0.05) is 6.20 Å². The number of aliphatic carboxylic acids is 1. The lowest BCUT2D eigenvalue weighted by Gasteiger charge is -2.19. The molecule has 134 valence electrons. The monoisotopic (exact) mass is 347 g/mol. The van der Waals surface area contributed by atoms with Gasteiger partial charge in [0.1, 0.15) is 0 Å². The van der Waals surface area contributed by atoms with Gasteiger partial charge in [-0.25, -0.2) is 4.79 Å². The van der Waals surface area contributed by atoms with Crippen molar-refractivity contribution in [3.05, 3.63) is 36.2 Å². The molecule has 1 aromatic heterocycles. The number of nitrogens with zero attached hydrogens (tertiary/aromatic N) is 2. The molecule has 8 heteroatoms. The van der Waals surface area contributed by atoms with E-state index in [0.717, 1.165) is 5.56 Å². The summed E-state index contributed by atoms with van der Waals surface area (Å²) in [7, 11) is 3.07. The molecule has 1 aromatic carbocycles. The molecule has 8 nitrogen and oxygen atoms in total. The first-order valence-corrected chi connectivity index (χ1v) is 7.57. The topological polar surface area (TPSA) is 103 Å². The number of rotatable bonds is 7. The lowest BCUT2D eigenvalue weighted by atomic mass is 10.1.